The Morgan fingerprint density at radius 3 is 3.00 bits per heavy atom. The fourth-order valence-corrected chi connectivity index (χ4v) is 1.10. The molecular weight excluding hydrogens is 144 g/mol. The molecule has 0 aromatic rings. The number of amides is 1. The molecule has 3 N–H and O–H groups in total. The van der Waals surface area contributed by atoms with Crippen LogP contribution < -0.4 is 11.1 Å². The van der Waals surface area contributed by atoms with E-state index in [0.29, 0.717) is 0 Å². The molecule has 0 aromatic carbocycles. The molecule has 0 aromatic heterocycles. The molecular formula is C7H14N2O2. The number of carbonyl (C=O) groups excluding carboxylic acids is 1. The van der Waals surface area contributed by atoms with Gasteiger partial charge in [-0.15, -0.1) is 0 Å². The van der Waals surface area contributed by atoms with Crippen molar-refractivity contribution in [2.45, 2.75) is 25.6 Å². The van der Waals surface area contributed by atoms with Crippen molar-refractivity contribution in [3.8, 4) is 0 Å². The van der Waals surface area contributed by atoms with Crippen molar-refractivity contribution in [3.63, 3.8) is 0 Å². The maximum Gasteiger partial charge on any atom is 0.246 e. The Bertz CT molecular complexity index is 143. The van der Waals surface area contributed by atoms with Gasteiger partial charge in [0.2, 0.25) is 5.91 Å². The molecule has 0 spiro atoms. The zero-order valence-electron chi connectivity index (χ0n) is 6.67. The summed E-state index contributed by atoms with van der Waals surface area (Å²) in [5.41, 5.74) is 5.03. The van der Waals surface area contributed by atoms with Crippen LogP contribution in [0.25, 0.3) is 0 Å². The molecule has 11 heavy (non-hydrogen) atoms. The van der Waals surface area contributed by atoms with Gasteiger partial charge in [0.25, 0.3) is 0 Å². The van der Waals surface area contributed by atoms with E-state index in [1.54, 1.807) is 6.92 Å². The standard InChI is InChI=1S/C7H14N2O2/c1-5(7(8)10)11-6-2-3-9-4-6/h5-6,9H,2-4H2,1H3,(H2,8,10). The lowest BCUT2D eigenvalue weighted by atomic mass is 10.3. The number of ether oxygens (including phenoxy) is 1. The Hall–Kier alpha value is -0.610. The third-order valence-corrected chi connectivity index (χ3v) is 1.81. The van der Waals surface area contributed by atoms with Gasteiger partial charge in [-0.05, 0) is 19.9 Å². The highest BCUT2D eigenvalue weighted by Crippen LogP contribution is 2.05. The predicted octanol–water partition coefficient (Wildman–Crippen LogP) is -0.761. The van der Waals surface area contributed by atoms with Gasteiger partial charge < -0.3 is 15.8 Å². The summed E-state index contributed by atoms with van der Waals surface area (Å²) in [6.45, 7) is 3.48. The summed E-state index contributed by atoms with van der Waals surface area (Å²) in [5, 5.41) is 3.14. The molecule has 2 atom stereocenters. The van der Waals surface area contributed by atoms with Crippen molar-refractivity contribution in [2.24, 2.45) is 5.73 Å². The van der Waals surface area contributed by atoms with Crippen molar-refractivity contribution < 1.29 is 9.53 Å². The van der Waals surface area contributed by atoms with Crippen LogP contribution in [0.3, 0.4) is 0 Å². The average Bonchev–Trinajstić information content (AvgIpc) is 2.39. The SMILES string of the molecule is CC(OC1CCNC1)C(N)=O. The van der Waals surface area contributed by atoms with Crippen LogP contribution in [-0.2, 0) is 9.53 Å². The third kappa shape index (κ3) is 2.48. The van der Waals surface area contributed by atoms with Gasteiger partial charge >= 0.3 is 0 Å². The summed E-state index contributed by atoms with van der Waals surface area (Å²) in [6.07, 6.45) is 0.676. The van der Waals surface area contributed by atoms with E-state index < -0.39 is 12.0 Å². The van der Waals surface area contributed by atoms with Crippen molar-refractivity contribution in [2.75, 3.05) is 13.1 Å². The maximum atomic E-state index is 10.6. The lowest BCUT2D eigenvalue weighted by Gasteiger charge is -2.14. The summed E-state index contributed by atoms with van der Waals surface area (Å²) in [4.78, 5) is 10.6. The molecule has 1 heterocycles. The van der Waals surface area contributed by atoms with Crippen LogP contribution in [-0.4, -0.2) is 31.2 Å². The van der Waals surface area contributed by atoms with E-state index in [1.807, 2.05) is 0 Å². The average molecular weight is 158 g/mol. The first-order valence-corrected chi connectivity index (χ1v) is 3.85. The fraction of sp³-hybridized carbons (Fsp3) is 0.857. The number of nitrogens with one attached hydrogen (secondary N) is 1. The van der Waals surface area contributed by atoms with Crippen molar-refractivity contribution in [1.29, 1.82) is 0 Å². The molecule has 0 aliphatic carbocycles. The van der Waals surface area contributed by atoms with Gasteiger partial charge in [-0.3, -0.25) is 4.79 Å². The van der Waals surface area contributed by atoms with Gasteiger partial charge in [0.15, 0.2) is 0 Å². The molecule has 4 heteroatoms. The highest BCUT2D eigenvalue weighted by molar-refractivity contribution is 5.78. The Morgan fingerprint density at radius 2 is 2.55 bits per heavy atom. The third-order valence-electron chi connectivity index (χ3n) is 1.81. The van der Waals surface area contributed by atoms with Gasteiger partial charge in [-0.1, -0.05) is 0 Å². The second-order valence-electron chi connectivity index (χ2n) is 2.80. The van der Waals surface area contributed by atoms with Crippen LogP contribution in [0.2, 0.25) is 0 Å². The molecule has 1 fully saturated rings. The van der Waals surface area contributed by atoms with Crippen LogP contribution in [0.4, 0.5) is 0 Å². The molecule has 4 nitrogen and oxygen atoms in total. The van der Waals surface area contributed by atoms with Crippen LogP contribution >= 0.6 is 0 Å². The number of carbonyl (C=O) groups is 1. The number of hydrogen-bond donors (Lipinski definition) is 2. The Balaban J connectivity index is 2.23. The molecule has 2 unspecified atom stereocenters. The summed E-state index contributed by atoms with van der Waals surface area (Å²) in [6, 6.07) is 0. The largest absolute Gasteiger partial charge is 0.367 e. The van der Waals surface area contributed by atoms with Gasteiger partial charge in [-0.2, -0.15) is 0 Å². The summed E-state index contributed by atoms with van der Waals surface area (Å²) in [7, 11) is 0. The number of nitrogens with two attached hydrogens (primary N) is 1. The van der Waals surface area contributed by atoms with E-state index in [0.717, 1.165) is 19.5 Å². The van der Waals surface area contributed by atoms with Gasteiger partial charge in [0, 0.05) is 6.54 Å². The van der Waals surface area contributed by atoms with E-state index in [1.165, 1.54) is 0 Å². The van der Waals surface area contributed by atoms with E-state index in [2.05, 4.69) is 5.32 Å². The van der Waals surface area contributed by atoms with E-state index in [9.17, 15) is 4.79 Å². The first kappa shape index (κ1) is 8.49. The van der Waals surface area contributed by atoms with Crippen molar-refractivity contribution in [1.82, 2.24) is 5.32 Å². The number of hydrogen-bond acceptors (Lipinski definition) is 3. The second kappa shape index (κ2) is 3.69. The van der Waals surface area contributed by atoms with Crippen molar-refractivity contribution >= 4 is 5.91 Å². The number of primary amides is 1. The van der Waals surface area contributed by atoms with Crippen molar-refractivity contribution in [3.05, 3.63) is 0 Å². The lowest BCUT2D eigenvalue weighted by molar-refractivity contribution is -0.131. The highest BCUT2D eigenvalue weighted by Gasteiger charge is 2.19. The van der Waals surface area contributed by atoms with Gasteiger partial charge in [0.1, 0.15) is 6.10 Å². The molecule has 64 valence electrons. The molecule has 1 amide bonds. The maximum absolute atomic E-state index is 10.6. The van der Waals surface area contributed by atoms with Crippen LogP contribution in [0, 0.1) is 0 Å². The second-order valence-corrected chi connectivity index (χ2v) is 2.80. The summed E-state index contributed by atoms with van der Waals surface area (Å²) < 4.78 is 5.34. The lowest BCUT2D eigenvalue weighted by Crippen LogP contribution is -2.32. The number of rotatable bonds is 3. The Morgan fingerprint density at radius 1 is 1.82 bits per heavy atom. The van der Waals surface area contributed by atoms with Gasteiger partial charge in [0.05, 0.1) is 6.10 Å². The first-order chi connectivity index (χ1) is 5.20. The molecule has 0 bridgehead atoms. The Kier molecular flexibility index (Phi) is 2.84. The smallest absolute Gasteiger partial charge is 0.246 e. The molecule has 0 saturated carbocycles. The summed E-state index contributed by atoms with van der Waals surface area (Å²) in [5.74, 6) is -0.392. The minimum Gasteiger partial charge on any atom is -0.367 e. The monoisotopic (exact) mass is 158 g/mol. The van der Waals surface area contributed by atoms with Crippen LogP contribution in [0.5, 0.6) is 0 Å². The van der Waals surface area contributed by atoms with E-state index in [4.69, 9.17) is 10.5 Å². The topological polar surface area (TPSA) is 64.3 Å². The molecule has 1 rings (SSSR count). The van der Waals surface area contributed by atoms with E-state index in [-0.39, 0.29) is 6.10 Å². The molecule has 1 aliphatic rings. The predicted molar refractivity (Wildman–Crippen MR) is 41.0 cm³/mol. The van der Waals surface area contributed by atoms with Crippen LogP contribution in [0.15, 0.2) is 0 Å². The zero-order valence-corrected chi connectivity index (χ0v) is 6.67. The normalized spacial score (nSPS) is 26.8. The molecule has 0 radical (unpaired) electrons. The minimum absolute atomic E-state index is 0.164. The van der Waals surface area contributed by atoms with E-state index >= 15 is 0 Å². The summed E-state index contributed by atoms with van der Waals surface area (Å²) >= 11 is 0. The van der Waals surface area contributed by atoms with Gasteiger partial charge in [-0.25, -0.2) is 0 Å². The van der Waals surface area contributed by atoms with Crippen LogP contribution in [0.1, 0.15) is 13.3 Å². The molecule has 1 saturated heterocycles. The fourth-order valence-electron chi connectivity index (χ4n) is 1.10. The molecule has 1 aliphatic heterocycles. The quantitative estimate of drug-likeness (QED) is 0.567. The zero-order chi connectivity index (χ0) is 8.27. The minimum atomic E-state index is -0.458. The Labute approximate surface area is 66.1 Å². The highest BCUT2D eigenvalue weighted by atomic mass is 16.5. The first-order valence-electron chi connectivity index (χ1n) is 3.85.